The molecule has 15 heavy (non-hydrogen) atoms. The Labute approximate surface area is 107 Å². The SMILES string of the molecule is ClCC[C@H](Cl)C[C@@H](Cl)Cc1ccccc1. The van der Waals surface area contributed by atoms with Crippen LogP contribution in [0, 0.1) is 0 Å². The van der Waals surface area contributed by atoms with Gasteiger partial charge in [-0.25, -0.2) is 0 Å². The molecule has 0 N–H and O–H groups in total. The lowest BCUT2D eigenvalue weighted by Gasteiger charge is -2.13. The Bertz CT molecular complexity index is 261. The highest BCUT2D eigenvalue weighted by Crippen LogP contribution is 2.18. The van der Waals surface area contributed by atoms with Gasteiger partial charge in [-0.3, -0.25) is 0 Å². The van der Waals surface area contributed by atoms with Crippen molar-refractivity contribution >= 4 is 34.8 Å². The molecule has 0 aliphatic rings. The molecule has 0 heterocycles. The summed E-state index contributed by atoms with van der Waals surface area (Å²) >= 11 is 17.9. The molecule has 0 aromatic heterocycles. The second-order valence-corrected chi connectivity index (χ2v) is 5.21. The molecule has 0 aliphatic heterocycles. The number of hydrogen-bond donors (Lipinski definition) is 0. The van der Waals surface area contributed by atoms with Crippen LogP contribution in [0.5, 0.6) is 0 Å². The first-order chi connectivity index (χ1) is 7.22. The number of rotatable bonds is 6. The number of alkyl halides is 3. The minimum atomic E-state index is 0.0914. The van der Waals surface area contributed by atoms with Crippen LogP contribution in [-0.2, 0) is 6.42 Å². The molecule has 2 atom stereocenters. The molecule has 0 saturated heterocycles. The molecule has 0 bridgehead atoms. The van der Waals surface area contributed by atoms with Crippen molar-refractivity contribution in [3.05, 3.63) is 35.9 Å². The summed E-state index contributed by atoms with van der Waals surface area (Å²) in [5.74, 6) is 0.600. The fourth-order valence-electron chi connectivity index (χ4n) is 1.47. The van der Waals surface area contributed by atoms with E-state index in [9.17, 15) is 0 Å². The van der Waals surface area contributed by atoms with Gasteiger partial charge in [0.1, 0.15) is 0 Å². The second kappa shape index (κ2) is 7.38. The summed E-state index contributed by atoms with van der Waals surface area (Å²) < 4.78 is 0. The van der Waals surface area contributed by atoms with Crippen LogP contribution in [-0.4, -0.2) is 16.6 Å². The molecule has 0 radical (unpaired) electrons. The minimum Gasteiger partial charge on any atom is -0.127 e. The molecule has 84 valence electrons. The van der Waals surface area contributed by atoms with E-state index in [0.29, 0.717) is 5.88 Å². The first-order valence-corrected chi connectivity index (χ1v) is 6.51. The molecule has 1 rings (SSSR count). The number of benzene rings is 1. The van der Waals surface area contributed by atoms with E-state index in [-0.39, 0.29) is 10.8 Å². The molecule has 0 aliphatic carbocycles. The van der Waals surface area contributed by atoms with Gasteiger partial charge in [-0.1, -0.05) is 30.3 Å². The lowest BCUT2D eigenvalue weighted by atomic mass is 10.1. The summed E-state index contributed by atoms with van der Waals surface area (Å²) in [5.41, 5.74) is 1.26. The Morgan fingerprint density at radius 3 is 2.27 bits per heavy atom. The Morgan fingerprint density at radius 2 is 1.67 bits per heavy atom. The van der Waals surface area contributed by atoms with Crippen LogP contribution in [0.25, 0.3) is 0 Å². The second-order valence-electron chi connectivity index (χ2n) is 3.60. The van der Waals surface area contributed by atoms with E-state index < -0.39 is 0 Å². The quantitative estimate of drug-likeness (QED) is 0.666. The highest BCUT2D eigenvalue weighted by Gasteiger charge is 2.12. The van der Waals surface area contributed by atoms with Gasteiger partial charge in [0.25, 0.3) is 0 Å². The van der Waals surface area contributed by atoms with Gasteiger partial charge in [0.05, 0.1) is 0 Å². The summed E-state index contributed by atoms with van der Waals surface area (Å²) in [4.78, 5) is 0. The molecule has 3 heteroatoms. The van der Waals surface area contributed by atoms with Gasteiger partial charge >= 0.3 is 0 Å². The van der Waals surface area contributed by atoms with Crippen molar-refractivity contribution in [2.24, 2.45) is 0 Å². The standard InChI is InChI=1S/C12H15Cl3/c13-7-6-11(14)9-12(15)8-10-4-2-1-3-5-10/h1-5,11-12H,6-9H2/t11-,12-/m0/s1. The van der Waals surface area contributed by atoms with Gasteiger partial charge in [-0.15, -0.1) is 34.8 Å². The van der Waals surface area contributed by atoms with Crippen LogP contribution in [0.2, 0.25) is 0 Å². The summed E-state index contributed by atoms with van der Waals surface area (Å²) in [6, 6.07) is 10.2. The van der Waals surface area contributed by atoms with E-state index in [1.807, 2.05) is 18.2 Å². The fourth-order valence-corrected chi connectivity index (χ4v) is 2.65. The zero-order valence-electron chi connectivity index (χ0n) is 8.50. The van der Waals surface area contributed by atoms with Crippen LogP contribution in [0.15, 0.2) is 30.3 Å². The van der Waals surface area contributed by atoms with E-state index in [4.69, 9.17) is 34.8 Å². The highest BCUT2D eigenvalue weighted by molar-refractivity contribution is 6.24. The van der Waals surface area contributed by atoms with Gasteiger partial charge in [-0.2, -0.15) is 0 Å². The van der Waals surface area contributed by atoms with Crippen LogP contribution >= 0.6 is 34.8 Å². The molecule has 1 aromatic rings. The summed E-state index contributed by atoms with van der Waals surface area (Å²) in [6.45, 7) is 0. The largest absolute Gasteiger partial charge is 0.127 e. The van der Waals surface area contributed by atoms with Crippen LogP contribution < -0.4 is 0 Å². The maximum Gasteiger partial charge on any atom is 0.0390 e. The predicted molar refractivity (Wildman–Crippen MR) is 69.4 cm³/mol. The van der Waals surface area contributed by atoms with Gasteiger partial charge in [0.15, 0.2) is 0 Å². The molecular weight excluding hydrogens is 250 g/mol. The lowest BCUT2D eigenvalue weighted by Crippen LogP contribution is -2.11. The van der Waals surface area contributed by atoms with Crippen molar-refractivity contribution in [1.29, 1.82) is 0 Å². The number of halogens is 3. The lowest BCUT2D eigenvalue weighted by molar-refractivity contribution is 0.684. The van der Waals surface area contributed by atoms with Crippen LogP contribution in [0.1, 0.15) is 18.4 Å². The Hall–Kier alpha value is 0.0900. The molecule has 0 nitrogen and oxygen atoms in total. The molecule has 0 fully saturated rings. The Balaban J connectivity index is 2.33. The average molecular weight is 266 g/mol. The third kappa shape index (κ3) is 5.65. The monoisotopic (exact) mass is 264 g/mol. The van der Waals surface area contributed by atoms with Gasteiger partial charge in [0.2, 0.25) is 0 Å². The van der Waals surface area contributed by atoms with E-state index in [1.54, 1.807) is 0 Å². The normalized spacial score (nSPS) is 14.9. The molecule has 0 saturated carbocycles. The summed E-state index contributed by atoms with van der Waals surface area (Å²) in [6.07, 6.45) is 2.50. The van der Waals surface area contributed by atoms with E-state index in [0.717, 1.165) is 19.3 Å². The van der Waals surface area contributed by atoms with Crippen molar-refractivity contribution in [1.82, 2.24) is 0 Å². The molecular formula is C12H15Cl3. The van der Waals surface area contributed by atoms with Crippen molar-refractivity contribution < 1.29 is 0 Å². The van der Waals surface area contributed by atoms with Gasteiger partial charge in [-0.05, 0) is 24.8 Å². The highest BCUT2D eigenvalue weighted by atomic mass is 35.5. The van der Waals surface area contributed by atoms with Crippen molar-refractivity contribution in [3.8, 4) is 0 Å². The van der Waals surface area contributed by atoms with Gasteiger partial charge in [0, 0.05) is 16.6 Å². The summed E-state index contributed by atoms with van der Waals surface area (Å²) in [5, 5.41) is 0.187. The maximum absolute atomic E-state index is 6.22. The van der Waals surface area contributed by atoms with Crippen LogP contribution in [0.4, 0.5) is 0 Å². The maximum atomic E-state index is 6.22. The average Bonchev–Trinajstić information content (AvgIpc) is 2.19. The first-order valence-electron chi connectivity index (χ1n) is 5.10. The van der Waals surface area contributed by atoms with Crippen molar-refractivity contribution in [3.63, 3.8) is 0 Å². The molecule has 0 spiro atoms. The zero-order chi connectivity index (χ0) is 11.1. The fraction of sp³-hybridized carbons (Fsp3) is 0.500. The van der Waals surface area contributed by atoms with Crippen molar-refractivity contribution in [2.45, 2.75) is 30.0 Å². The van der Waals surface area contributed by atoms with E-state index in [2.05, 4.69) is 12.1 Å². The van der Waals surface area contributed by atoms with Gasteiger partial charge < -0.3 is 0 Å². The Kier molecular flexibility index (Phi) is 6.47. The van der Waals surface area contributed by atoms with E-state index in [1.165, 1.54) is 5.56 Å². The first kappa shape index (κ1) is 13.2. The summed E-state index contributed by atoms with van der Waals surface area (Å²) in [7, 11) is 0. The number of hydrogen-bond acceptors (Lipinski definition) is 0. The predicted octanol–water partition coefficient (Wildman–Crippen LogP) is 4.46. The smallest absolute Gasteiger partial charge is 0.0390 e. The zero-order valence-corrected chi connectivity index (χ0v) is 10.8. The Morgan fingerprint density at radius 1 is 1.00 bits per heavy atom. The molecule has 0 unspecified atom stereocenters. The minimum absolute atomic E-state index is 0.0914. The molecule has 1 aromatic carbocycles. The topological polar surface area (TPSA) is 0 Å². The molecule has 0 amide bonds. The van der Waals surface area contributed by atoms with Crippen molar-refractivity contribution in [2.75, 3.05) is 5.88 Å². The van der Waals surface area contributed by atoms with Crippen LogP contribution in [0.3, 0.4) is 0 Å². The third-order valence-corrected chi connectivity index (χ3v) is 3.18. The van der Waals surface area contributed by atoms with E-state index >= 15 is 0 Å². The third-order valence-electron chi connectivity index (χ3n) is 2.23.